The lowest BCUT2D eigenvalue weighted by atomic mass is 10.0. The van der Waals surface area contributed by atoms with Crippen molar-refractivity contribution in [2.24, 2.45) is 5.73 Å². The number of hydrogen-bond acceptors (Lipinski definition) is 2. The molecule has 1 aromatic heterocycles. The van der Waals surface area contributed by atoms with E-state index in [0.29, 0.717) is 0 Å². The summed E-state index contributed by atoms with van der Waals surface area (Å²) in [6, 6.07) is 30.9. The summed E-state index contributed by atoms with van der Waals surface area (Å²) in [5, 5.41) is 5.16. The first kappa shape index (κ1) is 32.0. The minimum Gasteiger partial charge on any atom is -0.404 e. The quantitative estimate of drug-likeness (QED) is 0.183. The number of allylic oxidation sites excluding steroid dienone is 12. The molecule has 0 amide bonds. The maximum atomic E-state index is 6.81. The fourth-order valence-electron chi connectivity index (χ4n) is 7.97. The van der Waals surface area contributed by atoms with Gasteiger partial charge in [0.25, 0.3) is 0 Å². The van der Waals surface area contributed by atoms with E-state index < -0.39 is 10.0 Å². The monoisotopic (exact) mass is 671 g/mol. The van der Waals surface area contributed by atoms with Crippen molar-refractivity contribution >= 4 is 32.8 Å². The SMILES string of the molecule is C/C(=C\C(=C/N)S(C1=CCCC=C1)(C1=Cc2c(n(C3=CC=CC(c4ccccc4)N3)c3ccccc23)CC1)c1ccccc1)C1=CCCC=C1. The Morgan fingerprint density at radius 1 is 0.840 bits per heavy atom. The van der Waals surface area contributed by atoms with Crippen LogP contribution in [0.15, 0.2) is 183 Å². The van der Waals surface area contributed by atoms with Gasteiger partial charge in [-0.05, 0) is 108 Å². The van der Waals surface area contributed by atoms with E-state index in [1.165, 1.54) is 58.5 Å². The summed E-state index contributed by atoms with van der Waals surface area (Å²) in [5.74, 6) is 1.12. The molecule has 4 aromatic rings. The van der Waals surface area contributed by atoms with E-state index in [1.807, 2.05) is 6.20 Å². The molecule has 3 aliphatic carbocycles. The van der Waals surface area contributed by atoms with Crippen molar-refractivity contribution < 1.29 is 0 Å². The molecule has 2 atom stereocenters. The van der Waals surface area contributed by atoms with Crippen LogP contribution in [-0.4, -0.2) is 4.57 Å². The zero-order valence-electron chi connectivity index (χ0n) is 28.8. The molecular weight excluding hydrogens is 627 g/mol. The van der Waals surface area contributed by atoms with E-state index in [9.17, 15) is 0 Å². The number of dihydropyridines is 1. The van der Waals surface area contributed by atoms with Gasteiger partial charge in [-0.2, -0.15) is 0 Å². The standard InChI is InChI=1S/C46H45N3S/c1-34(35-17-6-2-7-18-35)31-40(33-47)50(37-21-10-4-11-22-37,38-23-12-5-13-24-38)39-29-30-45-42(32-39)41-25-14-15-27-44(41)49(45)46-28-16-26-43(48-46)36-19-8-3-9-20-36/h3-4,6,8-12,14-28,31-33,43,48H,2,5,7,13,29-30,47H2,1H3/b34-31+,40-33+. The summed E-state index contributed by atoms with van der Waals surface area (Å²) < 4.78 is 2.47. The number of nitrogens with one attached hydrogen (secondary N) is 1. The molecule has 0 saturated heterocycles. The molecule has 50 heavy (non-hydrogen) atoms. The minimum absolute atomic E-state index is 0.115. The van der Waals surface area contributed by atoms with Gasteiger partial charge in [-0.25, -0.2) is 0 Å². The van der Waals surface area contributed by atoms with Crippen LogP contribution in [0, 0.1) is 0 Å². The summed E-state index contributed by atoms with van der Waals surface area (Å²) in [5.41, 5.74) is 14.5. The van der Waals surface area contributed by atoms with E-state index in [-0.39, 0.29) is 6.04 Å². The number of benzene rings is 3. The van der Waals surface area contributed by atoms with Crippen LogP contribution in [0.4, 0.5) is 0 Å². The summed E-state index contributed by atoms with van der Waals surface area (Å²) >= 11 is 0. The molecule has 3 nitrogen and oxygen atoms in total. The van der Waals surface area contributed by atoms with Crippen molar-refractivity contribution in [2.45, 2.75) is 56.4 Å². The van der Waals surface area contributed by atoms with Crippen LogP contribution in [0.1, 0.15) is 61.9 Å². The van der Waals surface area contributed by atoms with Gasteiger partial charge < -0.3 is 11.1 Å². The Balaban J connectivity index is 1.33. The molecule has 0 fully saturated rings. The van der Waals surface area contributed by atoms with E-state index in [4.69, 9.17) is 5.73 Å². The molecule has 2 unspecified atom stereocenters. The molecule has 0 spiro atoms. The van der Waals surface area contributed by atoms with Gasteiger partial charge in [-0.15, -0.1) is 10.0 Å². The first-order valence-electron chi connectivity index (χ1n) is 17.9. The first-order chi connectivity index (χ1) is 24.7. The van der Waals surface area contributed by atoms with E-state index in [1.54, 1.807) is 0 Å². The predicted molar refractivity (Wildman–Crippen MR) is 215 cm³/mol. The lowest BCUT2D eigenvalue weighted by Gasteiger charge is -2.46. The Morgan fingerprint density at radius 2 is 1.58 bits per heavy atom. The molecule has 0 radical (unpaired) electrons. The predicted octanol–water partition coefficient (Wildman–Crippen LogP) is 11.7. The summed E-state index contributed by atoms with van der Waals surface area (Å²) in [4.78, 5) is 5.37. The average Bonchev–Trinajstić information content (AvgIpc) is 3.53. The van der Waals surface area contributed by atoms with Crippen LogP contribution >= 0.6 is 10.0 Å². The summed E-state index contributed by atoms with van der Waals surface area (Å²) in [6.45, 7) is 2.24. The number of fused-ring (bicyclic) bond motifs is 3. The number of para-hydroxylation sites is 1. The molecule has 3 aromatic carbocycles. The Labute approximate surface area is 298 Å². The zero-order chi connectivity index (χ0) is 33.9. The fraction of sp³-hybridized carbons (Fsp3) is 0.174. The highest BCUT2D eigenvalue weighted by Crippen LogP contribution is 2.75. The second kappa shape index (κ2) is 14.0. The van der Waals surface area contributed by atoms with Crippen LogP contribution in [0.3, 0.4) is 0 Å². The van der Waals surface area contributed by atoms with Gasteiger partial charge in [0.1, 0.15) is 5.82 Å². The number of aromatic nitrogens is 1. The molecule has 3 N–H and O–H groups in total. The van der Waals surface area contributed by atoms with Gasteiger partial charge in [0.15, 0.2) is 0 Å². The summed E-state index contributed by atoms with van der Waals surface area (Å²) in [7, 11) is -1.88. The average molecular weight is 672 g/mol. The van der Waals surface area contributed by atoms with Gasteiger partial charge in [0, 0.05) is 32.6 Å². The topological polar surface area (TPSA) is 43.0 Å². The third-order valence-corrected chi connectivity index (χ3v) is 14.4. The van der Waals surface area contributed by atoms with Gasteiger partial charge in [0.2, 0.25) is 0 Å². The number of nitrogens with zero attached hydrogens (tertiary/aromatic N) is 1. The molecule has 1 aliphatic heterocycles. The van der Waals surface area contributed by atoms with E-state index in [0.717, 1.165) is 44.3 Å². The second-order valence-electron chi connectivity index (χ2n) is 13.3. The molecule has 0 bridgehead atoms. The highest BCUT2D eigenvalue weighted by atomic mass is 32.3. The van der Waals surface area contributed by atoms with Crippen LogP contribution in [-0.2, 0) is 6.42 Å². The Bertz CT molecular complexity index is 2200. The van der Waals surface area contributed by atoms with Crippen molar-refractivity contribution in [3.63, 3.8) is 0 Å². The fourth-order valence-corrected chi connectivity index (χ4v) is 12.2. The zero-order valence-corrected chi connectivity index (χ0v) is 29.6. The van der Waals surface area contributed by atoms with E-state index >= 15 is 0 Å². The lowest BCUT2D eigenvalue weighted by Crippen LogP contribution is -2.25. The Kier molecular flexibility index (Phi) is 8.95. The van der Waals surface area contributed by atoms with Gasteiger partial charge in [-0.1, -0.05) is 115 Å². The largest absolute Gasteiger partial charge is 0.404 e. The maximum Gasteiger partial charge on any atom is 0.111 e. The number of rotatable bonds is 8. The molecule has 2 heterocycles. The molecular formula is C46H45N3S. The van der Waals surface area contributed by atoms with Crippen LogP contribution in [0.25, 0.3) is 22.8 Å². The van der Waals surface area contributed by atoms with Crippen LogP contribution < -0.4 is 11.1 Å². The molecule has 4 heteroatoms. The van der Waals surface area contributed by atoms with Crippen molar-refractivity contribution in [1.82, 2.24) is 9.88 Å². The Morgan fingerprint density at radius 3 is 2.32 bits per heavy atom. The third kappa shape index (κ3) is 5.68. The lowest BCUT2D eigenvalue weighted by molar-refractivity contribution is 0.719. The highest BCUT2D eigenvalue weighted by Gasteiger charge is 2.39. The molecule has 4 aliphatic rings. The van der Waals surface area contributed by atoms with Gasteiger partial charge in [-0.3, -0.25) is 4.57 Å². The van der Waals surface area contributed by atoms with Crippen molar-refractivity contribution in [1.29, 1.82) is 0 Å². The Hall–Kier alpha value is -5.19. The molecule has 250 valence electrons. The maximum absolute atomic E-state index is 6.81. The summed E-state index contributed by atoms with van der Waals surface area (Å²) in [6.07, 6.45) is 33.8. The number of nitrogens with two attached hydrogens (primary N) is 1. The first-order valence-corrected chi connectivity index (χ1v) is 19.6. The van der Waals surface area contributed by atoms with Crippen molar-refractivity contribution in [3.05, 3.63) is 195 Å². The molecule has 8 rings (SSSR count). The van der Waals surface area contributed by atoms with Crippen molar-refractivity contribution in [3.8, 4) is 0 Å². The van der Waals surface area contributed by atoms with Crippen molar-refractivity contribution in [2.75, 3.05) is 0 Å². The minimum atomic E-state index is -1.88. The van der Waals surface area contributed by atoms with Crippen LogP contribution in [0.2, 0.25) is 0 Å². The highest BCUT2D eigenvalue weighted by molar-refractivity contribution is 8.43. The van der Waals surface area contributed by atoms with Crippen LogP contribution in [0.5, 0.6) is 0 Å². The van der Waals surface area contributed by atoms with Gasteiger partial charge in [0.05, 0.1) is 11.6 Å². The van der Waals surface area contributed by atoms with E-state index in [2.05, 4.69) is 169 Å². The normalized spacial score (nSPS) is 20.9. The smallest absolute Gasteiger partial charge is 0.111 e. The third-order valence-electron chi connectivity index (χ3n) is 10.3. The van der Waals surface area contributed by atoms with Gasteiger partial charge >= 0.3 is 0 Å². The molecule has 0 saturated carbocycles. The number of hydrogen-bond donors (Lipinski definition) is 2. The second-order valence-corrected chi connectivity index (χ2v) is 16.5.